The molecule has 5 heteroatoms. The monoisotopic (exact) mass is 171 g/mol. The summed E-state index contributed by atoms with van der Waals surface area (Å²) >= 11 is 0. The number of rotatable bonds is 2. The van der Waals surface area contributed by atoms with Gasteiger partial charge < -0.3 is 10.1 Å². The summed E-state index contributed by atoms with van der Waals surface area (Å²) in [4.78, 5) is 22.9. The molecule has 0 atom stereocenters. The molecule has 0 fully saturated rings. The number of nitrogens with one attached hydrogen (secondary N) is 1. The summed E-state index contributed by atoms with van der Waals surface area (Å²) < 4.78 is 12.7. The van der Waals surface area contributed by atoms with Gasteiger partial charge in [-0.1, -0.05) is 0 Å². The second-order valence-corrected chi connectivity index (χ2v) is 2.24. The number of aliphatic carboxylic acids is 1. The van der Waals surface area contributed by atoms with Crippen LogP contribution in [0.25, 0.3) is 0 Å². The first-order valence-corrected chi connectivity index (χ1v) is 3.18. The molecule has 0 amide bonds. The molecule has 0 radical (unpaired) electrons. The largest absolute Gasteiger partial charge is 0.481 e. The summed E-state index contributed by atoms with van der Waals surface area (Å²) in [5.41, 5.74) is -0.612. The van der Waals surface area contributed by atoms with E-state index in [0.717, 1.165) is 12.3 Å². The summed E-state index contributed by atoms with van der Waals surface area (Å²) in [5, 5.41) is 8.30. The van der Waals surface area contributed by atoms with Gasteiger partial charge in [0.2, 0.25) is 5.56 Å². The third-order valence-corrected chi connectivity index (χ3v) is 1.29. The van der Waals surface area contributed by atoms with Crippen LogP contribution < -0.4 is 5.56 Å². The molecule has 1 heterocycles. The first-order chi connectivity index (χ1) is 5.59. The lowest BCUT2D eigenvalue weighted by molar-refractivity contribution is -0.136. The second kappa shape index (κ2) is 3.17. The Kier molecular flexibility index (Phi) is 2.23. The molecule has 1 aromatic rings. The number of aromatic amines is 1. The van der Waals surface area contributed by atoms with Crippen LogP contribution in [0.4, 0.5) is 4.39 Å². The van der Waals surface area contributed by atoms with Crippen molar-refractivity contribution in [2.45, 2.75) is 6.42 Å². The maximum Gasteiger partial charge on any atom is 0.307 e. The molecule has 0 aromatic carbocycles. The third-order valence-electron chi connectivity index (χ3n) is 1.29. The topological polar surface area (TPSA) is 70.2 Å². The van der Waals surface area contributed by atoms with Gasteiger partial charge in [0.25, 0.3) is 0 Å². The highest BCUT2D eigenvalue weighted by Gasteiger charge is 2.06. The maximum absolute atomic E-state index is 12.7. The molecular weight excluding hydrogens is 165 g/mol. The van der Waals surface area contributed by atoms with Gasteiger partial charge in [-0.05, 0) is 0 Å². The molecule has 0 saturated carbocycles. The van der Waals surface area contributed by atoms with Gasteiger partial charge in [-0.2, -0.15) is 0 Å². The minimum Gasteiger partial charge on any atom is -0.481 e. The first-order valence-electron chi connectivity index (χ1n) is 3.18. The summed E-state index contributed by atoms with van der Waals surface area (Å²) in [6.45, 7) is 0. The minimum atomic E-state index is -1.17. The molecule has 0 aliphatic heterocycles. The average molecular weight is 171 g/mol. The van der Waals surface area contributed by atoms with Crippen molar-refractivity contribution in [3.63, 3.8) is 0 Å². The van der Waals surface area contributed by atoms with Crippen molar-refractivity contribution in [1.82, 2.24) is 4.98 Å². The molecule has 4 nitrogen and oxygen atoms in total. The lowest BCUT2D eigenvalue weighted by Crippen LogP contribution is -2.10. The highest BCUT2D eigenvalue weighted by molar-refractivity contribution is 5.70. The Balaban J connectivity index is 3.05. The van der Waals surface area contributed by atoms with Gasteiger partial charge in [-0.25, -0.2) is 4.39 Å². The van der Waals surface area contributed by atoms with Crippen LogP contribution in [0.1, 0.15) is 5.56 Å². The zero-order chi connectivity index (χ0) is 9.14. The Morgan fingerprint density at radius 1 is 1.67 bits per heavy atom. The fourth-order valence-electron chi connectivity index (χ4n) is 0.794. The van der Waals surface area contributed by atoms with E-state index < -0.39 is 23.8 Å². The fourth-order valence-corrected chi connectivity index (χ4v) is 0.794. The van der Waals surface area contributed by atoms with E-state index in [1.54, 1.807) is 0 Å². The number of H-pyrrole nitrogens is 1. The number of carbonyl (C=O) groups is 1. The Labute approximate surface area is 66.7 Å². The number of halogens is 1. The van der Waals surface area contributed by atoms with E-state index in [-0.39, 0.29) is 5.56 Å². The lowest BCUT2D eigenvalue weighted by Gasteiger charge is -1.96. The van der Waals surface area contributed by atoms with E-state index in [1.165, 1.54) is 0 Å². The molecule has 64 valence electrons. The molecule has 0 aliphatic rings. The van der Waals surface area contributed by atoms with Crippen molar-refractivity contribution in [1.29, 1.82) is 0 Å². The Morgan fingerprint density at radius 3 is 2.92 bits per heavy atom. The van der Waals surface area contributed by atoms with Crippen LogP contribution in [0, 0.1) is 5.82 Å². The molecule has 0 aliphatic carbocycles. The van der Waals surface area contributed by atoms with Gasteiger partial charge in [0, 0.05) is 17.8 Å². The van der Waals surface area contributed by atoms with Gasteiger partial charge in [0.1, 0.15) is 5.82 Å². The maximum atomic E-state index is 12.7. The molecular formula is C7H6FNO3. The molecule has 12 heavy (non-hydrogen) atoms. The standard InChI is InChI=1S/C7H6FNO3/c8-5-3-9-6(10)1-4(5)2-7(11)12/h1,3H,2H2,(H,9,10)(H,11,12). The number of aromatic nitrogens is 1. The molecule has 0 unspecified atom stereocenters. The fraction of sp³-hybridized carbons (Fsp3) is 0.143. The van der Waals surface area contributed by atoms with Crippen LogP contribution in [-0.4, -0.2) is 16.1 Å². The van der Waals surface area contributed by atoms with E-state index in [4.69, 9.17) is 5.11 Å². The summed E-state index contributed by atoms with van der Waals surface area (Å²) in [6, 6.07) is 0.934. The molecule has 1 rings (SSSR count). The van der Waals surface area contributed by atoms with Gasteiger partial charge in [-0.3, -0.25) is 9.59 Å². The predicted molar refractivity (Wildman–Crippen MR) is 38.4 cm³/mol. The van der Waals surface area contributed by atoms with Crippen molar-refractivity contribution in [2.24, 2.45) is 0 Å². The van der Waals surface area contributed by atoms with Crippen LogP contribution in [0.2, 0.25) is 0 Å². The van der Waals surface area contributed by atoms with E-state index in [2.05, 4.69) is 4.98 Å². The molecule has 0 bridgehead atoms. The van der Waals surface area contributed by atoms with E-state index in [1.807, 2.05) is 0 Å². The number of hydrogen-bond donors (Lipinski definition) is 2. The quantitative estimate of drug-likeness (QED) is 0.664. The second-order valence-electron chi connectivity index (χ2n) is 2.24. The smallest absolute Gasteiger partial charge is 0.307 e. The SMILES string of the molecule is O=C(O)Cc1cc(=O)[nH]cc1F. The van der Waals surface area contributed by atoms with Crippen LogP contribution in [0.15, 0.2) is 17.1 Å². The van der Waals surface area contributed by atoms with Crippen LogP contribution in [0.5, 0.6) is 0 Å². The summed E-state index contributed by atoms with van der Waals surface area (Å²) in [7, 11) is 0. The normalized spacial score (nSPS) is 9.75. The molecule has 1 aromatic heterocycles. The zero-order valence-corrected chi connectivity index (χ0v) is 6.00. The predicted octanol–water partition coefficient (Wildman–Crippen LogP) is 0.141. The van der Waals surface area contributed by atoms with Gasteiger partial charge in [-0.15, -0.1) is 0 Å². The summed E-state index contributed by atoms with van der Waals surface area (Å²) in [6.07, 6.45) is 0.371. The van der Waals surface area contributed by atoms with Crippen molar-refractivity contribution in [3.8, 4) is 0 Å². The van der Waals surface area contributed by atoms with Crippen molar-refractivity contribution >= 4 is 5.97 Å². The van der Waals surface area contributed by atoms with Crippen LogP contribution in [0.3, 0.4) is 0 Å². The van der Waals surface area contributed by atoms with Crippen molar-refractivity contribution in [3.05, 3.63) is 34.0 Å². The number of carboxylic acids is 1. The van der Waals surface area contributed by atoms with Crippen LogP contribution >= 0.6 is 0 Å². The minimum absolute atomic E-state index is 0.105. The first kappa shape index (κ1) is 8.45. The lowest BCUT2D eigenvalue weighted by atomic mass is 10.2. The van der Waals surface area contributed by atoms with Gasteiger partial charge in [0.05, 0.1) is 6.42 Å². The van der Waals surface area contributed by atoms with E-state index in [9.17, 15) is 14.0 Å². The highest BCUT2D eigenvalue weighted by Crippen LogP contribution is 2.02. The Morgan fingerprint density at radius 2 is 2.33 bits per heavy atom. The third kappa shape index (κ3) is 1.91. The molecule has 0 spiro atoms. The summed E-state index contributed by atoms with van der Waals surface area (Å²) in [5.74, 6) is -1.88. The van der Waals surface area contributed by atoms with Crippen LogP contribution in [-0.2, 0) is 11.2 Å². The number of hydrogen-bond acceptors (Lipinski definition) is 2. The molecule has 0 saturated heterocycles. The van der Waals surface area contributed by atoms with E-state index >= 15 is 0 Å². The Bertz CT molecular complexity index is 358. The van der Waals surface area contributed by atoms with E-state index in [0.29, 0.717) is 0 Å². The van der Waals surface area contributed by atoms with Gasteiger partial charge >= 0.3 is 5.97 Å². The Hall–Kier alpha value is -1.65. The van der Waals surface area contributed by atoms with Crippen molar-refractivity contribution < 1.29 is 14.3 Å². The highest BCUT2D eigenvalue weighted by atomic mass is 19.1. The van der Waals surface area contributed by atoms with Gasteiger partial charge in [0.15, 0.2) is 0 Å². The zero-order valence-electron chi connectivity index (χ0n) is 6.00. The number of carboxylic acid groups (broad SMARTS) is 1. The average Bonchev–Trinajstić information content (AvgIpc) is 1.96. The van der Waals surface area contributed by atoms with Crippen molar-refractivity contribution in [2.75, 3.05) is 0 Å². The number of pyridine rings is 1. The molecule has 2 N–H and O–H groups in total.